The van der Waals surface area contributed by atoms with E-state index in [0.717, 1.165) is 0 Å². The van der Waals surface area contributed by atoms with Crippen molar-refractivity contribution in [1.82, 2.24) is 0 Å². The minimum Gasteiger partial charge on any atom is -0.497 e. The van der Waals surface area contributed by atoms with Crippen LogP contribution in [0.25, 0.3) is 0 Å². The van der Waals surface area contributed by atoms with Crippen molar-refractivity contribution in [2.75, 3.05) is 23.5 Å². The predicted molar refractivity (Wildman–Crippen MR) is 128 cm³/mol. The van der Waals surface area contributed by atoms with Crippen molar-refractivity contribution in [3.63, 3.8) is 0 Å². The third-order valence-electron chi connectivity index (χ3n) is 7.03. The van der Waals surface area contributed by atoms with Gasteiger partial charge in [0.1, 0.15) is 11.5 Å². The molecule has 0 aromatic heterocycles. The molecule has 2 aromatic carbocycles. The fourth-order valence-corrected chi connectivity index (χ4v) is 5.14. The maximum atomic E-state index is 13.0. The monoisotopic (exact) mass is 474 g/mol. The highest BCUT2D eigenvalue weighted by Crippen LogP contribution is 2.40. The lowest BCUT2D eigenvalue weighted by Crippen LogP contribution is -2.31. The molecule has 8 heteroatoms. The number of hydrogen-bond acceptors (Lipinski definition) is 6. The zero-order chi connectivity index (χ0) is 24.7. The van der Waals surface area contributed by atoms with Gasteiger partial charge in [-0.05, 0) is 60.9 Å². The SMILES string of the molecule is COc1ccc(N2C[C@H](C(=O)Oc3ccc(N4C(=O)[C@H]5[C@@H](C)C=CC[C@H]5C4=O)cc3)CC2=O)cc1. The average molecular weight is 475 g/mol. The molecule has 3 amide bonds. The van der Waals surface area contributed by atoms with Gasteiger partial charge in [-0.1, -0.05) is 19.1 Å². The summed E-state index contributed by atoms with van der Waals surface area (Å²) in [5, 5.41) is 0. The maximum absolute atomic E-state index is 13.0. The van der Waals surface area contributed by atoms with Gasteiger partial charge >= 0.3 is 5.97 Å². The van der Waals surface area contributed by atoms with Gasteiger partial charge in [-0.25, -0.2) is 0 Å². The van der Waals surface area contributed by atoms with Gasteiger partial charge in [0.25, 0.3) is 0 Å². The number of nitrogens with zero attached hydrogens (tertiary/aromatic N) is 2. The highest BCUT2D eigenvalue weighted by molar-refractivity contribution is 6.22. The summed E-state index contributed by atoms with van der Waals surface area (Å²) in [6.07, 6.45) is 4.59. The highest BCUT2D eigenvalue weighted by Gasteiger charge is 2.50. The lowest BCUT2D eigenvalue weighted by Gasteiger charge is -2.22. The molecular weight excluding hydrogens is 448 g/mol. The molecule has 2 saturated heterocycles. The van der Waals surface area contributed by atoms with Crippen LogP contribution in [0.2, 0.25) is 0 Å². The van der Waals surface area contributed by atoms with Gasteiger partial charge in [-0.15, -0.1) is 0 Å². The van der Waals surface area contributed by atoms with E-state index in [-0.39, 0.29) is 48.4 Å². The first-order chi connectivity index (χ1) is 16.9. The summed E-state index contributed by atoms with van der Waals surface area (Å²) in [6, 6.07) is 13.4. The van der Waals surface area contributed by atoms with Crippen LogP contribution in [0.1, 0.15) is 19.8 Å². The van der Waals surface area contributed by atoms with Gasteiger partial charge in [0.05, 0.1) is 30.6 Å². The van der Waals surface area contributed by atoms with E-state index in [4.69, 9.17) is 9.47 Å². The number of amides is 3. The van der Waals surface area contributed by atoms with Gasteiger partial charge in [0, 0.05) is 18.7 Å². The Labute approximate surface area is 203 Å². The number of anilines is 2. The number of methoxy groups -OCH3 is 1. The van der Waals surface area contributed by atoms with Crippen LogP contribution in [0.15, 0.2) is 60.7 Å². The second-order valence-corrected chi connectivity index (χ2v) is 9.19. The Morgan fingerprint density at radius 1 is 0.914 bits per heavy atom. The molecule has 0 radical (unpaired) electrons. The molecule has 0 saturated carbocycles. The van der Waals surface area contributed by atoms with E-state index >= 15 is 0 Å². The molecule has 4 atom stereocenters. The maximum Gasteiger partial charge on any atom is 0.316 e. The van der Waals surface area contributed by atoms with E-state index in [1.54, 1.807) is 60.5 Å². The Kier molecular flexibility index (Phi) is 5.88. The van der Waals surface area contributed by atoms with E-state index in [0.29, 0.717) is 29.3 Å². The number of carbonyl (C=O) groups is 4. The molecule has 5 rings (SSSR count). The summed E-state index contributed by atoms with van der Waals surface area (Å²) in [5.74, 6) is -1.29. The minimum atomic E-state index is -0.594. The molecule has 8 nitrogen and oxygen atoms in total. The highest BCUT2D eigenvalue weighted by atomic mass is 16.5. The number of fused-ring (bicyclic) bond motifs is 1. The lowest BCUT2D eigenvalue weighted by molar-refractivity contribution is -0.139. The van der Waals surface area contributed by atoms with Crippen molar-refractivity contribution in [1.29, 1.82) is 0 Å². The van der Waals surface area contributed by atoms with Crippen LogP contribution < -0.4 is 19.3 Å². The van der Waals surface area contributed by atoms with Crippen LogP contribution >= 0.6 is 0 Å². The van der Waals surface area contributed by atoms with Crippen LogP contribution in [0.5, 0.6) is 11.5 Å². The van der Waals surface area contributed by atoms with Gasteiger partial charge in [0.15, 0.2) is 0 Å². The summed E-state index contributed by atoms with van der Waals surface area (Å²) in [4.78, 5) is 53.9. The van der Waals surface area contributed by atoms with Gasteiger partial charge in [-0.2, -0.15) is 0 Å². The third-order valence-corrected chi connectivity index (χ3v) is 7.03. The van der Waals surface area contributed by atoms with E-state index in [1.807, 2.05) is 19.1 Å². The van der Waals surface area contributed by atoms with Crippen LogP contribution in [0, 0.1) is 23.7 Å². The molecule has 0 N–H and O–H groups in total. The second kappa shape index (κ2) is 9.02. The molecule has 1 aliphatic carbocycles. The molecular formula is C27H26N2O6. The summed E-state index contributed by atoms with van der Waals surface area (Å²) in [7, 11) is 1.57. The minimum absolute atomic E-state index is 0.0158. The lowest BCUT2D eigenvalue weighted by atomic mass is 9.78. The number of esters is 1. The van der Waals surface area contributed by atoms with Crippen molar-refractivity contribution in [2.45, 2.75) is 19.8 Å². The molecule has 180 valence electrons. The molecule has 0 unspecified atom stereocenters. The standard InChI is InChI=1S/C27H26N2O6/c1-16-4-3-5-22-24(16)26(32)29(25(22)31)19-8-12-21(13-9-19)35-27(33)17-14-23(30)28(15-17)18-6-10-20(34-2)11-7-18/h3-4,6-13,16-17,22,24H,5,14-15H2,1-2H3/t16-,17+,22+,24-/m0/s1. The van der Waals surface area contributed by atoms with Gasteiger partial charge in [-0.3, -0.25) is 24.1 Å². The number of carbonyl (C=O) groups excluding carboxylic acids is 4. The summed E-state index contributed by atoms with van der Waals surface area (Å²) in [6.45, 7) is 2.18. The summed E-state index contributed by atoms with van der Waals surface area (Å²) < 4.78 is 10.7. The molecule has 35 heavy (non-hydrogen) atoms. The third kappa shape index (κ3) is 4.09. The Balaban J connectivity index is 1.24. The Morgan fingerprint density at radius 2 is 1.57 bits per heavy atom. The van der Waals surface area contributed by atoms with Gasteiger partial charge < -0.3 is 14.4 Å². The molecule has 2 heterocycles. The predicted octanol–water partition coefficient (Wildman–Crippen LogP) is 3.36. The Bertz CT molecular complexity index is 1200. The first kappa shape index (κ1) is 22.8. The first-order valence-electron chi connectivity index (χ1n) is 11.7. The van der Waals surface area contributed by atoms with Gasteiger partial charge in [0.2, 0.25) is 17.7 Å². The number of imide groups is 1. The molecule has 2 fully saturated rings. The molecule has 3 aliphatic rings. The summed E-state index contributed by atoms with van der Waals surface area (Å²) in [5.41, 5.74) is 1.16. The van der Waals surface area contributed by atoms with Crippen molar-refractivity contribution in [3.05, 3.63) is 60.7 Å². The fraction of sp³-hybridized carbons (Fsp3) is 0.333. The Hall–Kier alpha value is -3.94. The normalized spacial score (nSPS) is 25.7. The molecule has 0 bridgehead atoms. The van der Waals surface area contributed by atoms with Crippen LogP contribution in [0.3, 0.4) is 0 Å². The van der Waals surface area contributed by atoms with Crippen molar-refractivity contribution < 1.29 is 28.7 Å². The number of benzene rings is 2. The number of allylic oxidation sites excluding steroid dienone is 2. The van der Waals surface area contributed by atoms with Crippen LogP contribution in [0.4, 0.5) is 11.4 Å². The van der Waals surface area contributed by atoms with E-state index in [9.17, 15) is 19.2 Å². The van der Waals surface area contributed by atoms with Crippen molar-refractivity contribution in [2.24, 2.45) is 23.7 Å². The zero-order valence-corrected chi connectivity index (χ0v) is 19.5. The smallest absolute Gasteiger partial charge is 0.316 e. The van der Waals surface area contributed by atoms with E-state index < -0.39 is 11.9 Å². The van der Waals surface area contributed by atoms with Crippen molar-refractivity contribution in [3.8, 4) is 11.5 Å². The van der Waals surface area contributed by atoms with E-state index in [1.165, 1.54) is 4.90 Å². The van der Waals surface area contributed by atoms with Crippen LogP contribution in [-0.2, 0) is 19.2 Å². The molecule has 0 spiro atoms. The average Bonchev–Trinajstić information content (AvgIpc) is 3.38. The molecule has 2 aromatic rings. The molecule has 2 aliphatic heterocycles. The first-order valence-corrected chi connectivity index (χ1v) is 11.7. The second-order valence-electron chi connectivity index (χ2n) is 9.19. The Morgan fingerprint density at radius 3 is 2.23 bits per heavy atom. The largest absolute Gasteiger partial charge is 0.497 e. The van der Waals surface area contributed by atoms with E-state index in [2.05, 4.69) is 0 Å². The fourth-order valence-electron chi connectivity index (χ4n) is 5.14. The van der Waals surface area contributed by atoms with Crippen LogP contribution in [-0.4, -0.2) is 37.3 Å². The zero-order valence-electron chi connectivity index (χ0n) is 19.5. The number of hydrogen-bond donors (Lipinski definition) is 0. The number of rotatable bonds is 5. The van der Waals surface area contributed by atoms with Crippen molar-refractivity contribution >= 4 is 35.1 Å². The number of ether oxygens (including phenoxy) is 2. The topological polar surface area (TPSA) is 93.2 Å². The quantitative estimate of drug-likeness (QED) is 0.286. The summed E-state index contributed by atoms with van der Waals surface area (Å²) >= 11 is 0.